The molecule has 222 valence electrons. The van der Waals surface area contributed by atoms with Crippen molar-refractivity contribution < 1.29 is 44.2 Å². The fraction of sp³-hybridized carbons (Fsp3) is 0.955. The van der Waals surface area contributed by atoms with Gasteiger partial charge in [-0.25, -0.2) is 0 Å². The molecule has 3 aliphatic rings. The molecule has 0 aromatic carbocycles. The molecule has 3 rings (SSSR count). The lowest BCUT2D eigenvalue weighted by atomic mass is 9.82. The van der Waals surface area contributed by atoms with Gasteiger partial charge in [0.2, 0.25) is 5.91 Å². The van der Waals surface area contributed by atoms with Crippen LogP contribution in [-0.4, -0.2) is 132 Å². The van der Waals surface area contributed by atoms with Crippen LogP contribution in [0.25, 0.3) is 0 Å². The van der Waals surface area contributed by atoms with Crippen LogP contribution in [0.5, 0.6) is 0 Å². The van der Waals surface area contributed by atoms with E-state index in [1.165, 1.54) is 0 Å². The van der Waals surface area contributed by atoms with E-state index < -0.39 is 91.9 Å². The second kappa shape index (κ2) is 14.0. The number of rotatable bonds is 10. The van der Waals surface area contributed by atoms with Crippen LogP contribution in [0.4, 0.5) is 0 Å². The van der Waals surface area contributed by atoms with Crippen LogP contribution in [0, 0.1) is 0 Å². The van der Waals surface area contributed by atoms with Crippen LogP contribution in [0.1, 0.15) is 25.7 Å². The number of nitrogens with two attached hydrogens (primary N) is 6. The first-order valence-corrected chi connectivity index (χ1v) is 13.0. The number of amides is 1. The van der Waals surface area contributed by atoms with E-state index in [9.17, 15) is 25.2 Å². The van der Waals surface area contributed by atoms with E-state index in [0.717, 1.165) is 0 Å². The van der Waals surface area contributed by atoms with Gasteiger partial charge in [-0.05, 0) is 32.2 Å². The predicted molar refractivity (Wildman–Crippen MR) is 133 cm³/mol. The lowest BCUT2D eigenvalue weighted by Gasteiger charge is -2.49. The molecule has 0 radical (unpaired) electrons. The van der Waals surface area contributed by atoms with Gasteiger partial charge in [0, 0.05) is 12.6 Å². The summed E-state index contributed by atoms with van der Waals surface area (Å²) in [6, 6.07) is -4.20. The number of nitrogens with one attached hydrogen (secondary N) is 1. The molecule has 1 saturated carbocycles. The van der Waals surface area contributed by atoms with Crippen molar-refractivity contribution in [1.82, 2.24) is 5.32 Å². The van der Waals surface area contributed by atoms with Crippen molar-refractivity contribution in [2.45, 2.75) is 111 Å². The Labute approximate surface area is 221 Å². The Balaban J connectivity index is 1.82. The second-order valence-corrected chi connectivity index (χ2v) is 10.3. The fourth-order valence-electron chi connectivity index (χ4n) is 5.11. The Kier molecular flexibility index (Phi) is 11.6. The quantitative estimate of drug-likeness (QED) is 0.120. The van der Waals surface area contributed by atoms with Crippen LogP contribution in [0.2, 0.25) is 0 Å². The molecule has 3 fully saturated rings. The van der Waals surface area contributed by atoms with Gasteiger partial charge >= 0.3 is 0 Å². The summed E-state index contributed by atoms with van der Waals surface area (Å²) < 4.78 is 23.6. The van der Waals surface area contributed by atoms with Gasteiger partial charge in [0.05, 0.1) is 49.1 Å². The van der Waals surface area contributed by atoms with Crippen molar-refractivity contribution in [3.63, 3.8) is 0 Å². The maximum atomic E-state index is 12.6. The van der Waals surface area contributed by atoms with Crippen molar-refractivity contribution in [1.29, 1.82) is 0 Å². The minimum absolute atomic E-state index is 0.0303. The van der Waals surface area contributed by atoms with Crippen LogP contribution >= 0.6 is 0 Å². The summed E-state index contributed by atoms with van der Waals surface area (Å²) >= 11 is 0. The average molecular weight is 552 g/mol. The zero-order valence-corrected chi connectivity index (χ0v) is 21.3. The Hall–Kier alpha value is -1.09. The minimum atomic E-state index is -1.49. The molecule has 1 aliphatic carbocycles. The van der Waals surface area contributed by atoms with Gasteiger partial charge in [-0.1, -0.05) is 0 Å². The molecule has 0 aromatic heterocycles. The van der Waals surface area contributed by atoms with E-state index in [0.29, 0.717) is 12.8 Å². The van der Waals surface area contributed by atoms with E-state index in [1.807, 2.05) is 0 Å². The third-order valence-corrected chi connectivity index (χ3v) is 7.45. The van der Waals surface area contributed by atoms with E-state index in [1.54, 1.807) is 0 Å². The molecule has 0 unspecified atom stereocenters. The maximum absolute atomic E-state index is 12.6. The number of hydrogen-bond donors (Lipinski definition) is 11. The van der Waals surface area contributed by atoms with Crippen LogP contribution in [-0.2, 0) is 23.7 Å². The van der Waals surface area contributed by atoms with Gasteiger partial charge in [-0.15, -0.1) is 0 Å². The van der Waals surface area contributed by atoms with Crippen molar-refractivity contribution in [2.75, 3.05) is 19.7 Å². The average Bonchev–Trinajstić information content (AvgIpc) is 2.89. The standard InChI is InChI=1S/C22H45N7O9/c23-4-3-12(31)20(34)29-11-5-10(26)18(37-21-9(25)2-1-8(6-24)35-21)15(28)19(11)38-22-17(33)14(27)16(32)13(7-30)36-22/h8-19,21-22,30-33H,1-7,23-28H2,(H,29,34)/t8-,9+,10-,11+,12-,13+,14-,15+,16+,17+,18+,19-,21+,22+/m0/s1. The van der Waals surface area contributed by atoms with Crippen molar-refractivity contribution >= 4 is 5.91 Å². The molecule has 38 heavy (non-hydrogen) atoms. The Morgan fingerprint density at radius 3 is 2.26 bits per heavy atom. The Morgan fingerprint density at radius 1 is 0.947 bits per heavy atom. The van der Waals surface area contributed by atoms with E-state index in [4.69, 9.17) is 53.3 Å². The highest BCUT2D eigenvalue weighted by atomic mass is 16.7. The first kappa shape index (κ1) is 31.4. The van der Waals surface area contributed by atoms with Crippen LogP contribution < -0.4 is 39.7 Å². The summed E-state index contributed by atoms with van der Waals surface area (Å²) in [7, 11) is 0. The molecule has 0 bridgehead atoms. The molecule has 1 amide bonds. The normalized spacial score (nSPS) is 44.9. The third kappa shape index (κ3) is 7.15. The van der Waals surface area contributed by atoms with Gasteiger partial charge < -0.3 is 79.1 Å². The van der Waals surface area contributed by atoms with Crippen molar-refractivity contribution in [2.24, 2.45) is 34.4 Å². The lowest BCUT2D eigenvalue weighted by molar-refractivity contribution is -0.301. The van der Waals surface area contributed by atoms with Crippen molar-refractivity contribution in [3.8, 4) is 0 Å². The molecule has 16 nitrogen and oxygen atoms in total. The molecule has 0 spiro atoms. The number of ether oxygens (including phenoxy) is 4. The molecule has 2 aliphatic heterocycles. The van der Waals surface area contributed by atoms with Gasteiger partial charge in [-0.3, -0.25) is 4.79 Å². The third-order valence-electron chi connectivity index (χ3n) is 7.45. The fourth-order valence-corrected chi connectivity index (χ4v) is 5.11. The largest absolute Gasteiger partial charge is 0.394 e. The smallest absolute Gasteiger partial charge is 0.249 e. The highest BCUT2D eigenvalue weighted by Gasteiger charge is 2.50. The summed E-state index contributed by atoms with van der Waals surface area (Å²) in [4.78, 5) is 12.6. The summed E-state index contributed by atoms with van der Waals surface area (Å²) in [6.07, 6.45) is -8.33. The number of carbonyl (C=O) groups excluding carboxylic acids is 1. The molecule has 14 atom stereocenters. The van der Waals surface area contributed by atoms with Gasteiger partial charge in [-0.2, -0.15) is 0 Å². The number of aliphatic hydroxyl groups excluding tert-OH is 4. The minimum Gasteiger partial charge on any atom is -0.394 e. The number of hydrogen-bond acceptors (Lipinski definition) is 15. The molecular formula is C22H45N7O9. The summed E-state index contributed by atoms with van der Waals surface area (Å²) in [5.74, 6) is -0.707. The van der Waals surface area contributed by atoms with Crippen molar-refractivity contribution in [3.05, 3.63) is 0 Å². The van der Waals surface area contributed by atoms with Gasteiger partial charge in [0.1, 0.15) is 24.4 Å². The molecular weight excluding hydrogens is 506 g/mol. The van der Waals surface area contributed by atoms with Gasteiger partial charge in [0.25, 0.3) is 0 Å². The molecule has 16 heteroatoms. The topological polar surface area (TPSA) is 303 Å². The highest BCUT2D eigenvalue weighted by Crippen LogP contribution is 2.30. The van der Waals surface area contributed by atoms with Crippen LogP contribution in [0.15, 0.2) is 0 Å². The monoisotopic (exact) mass is 551 g/mol. The van der Waals surface area contributed by atoms with Crippen LogP contribution in [0.3, 0.4) is 0 Å². The zero-order valence-electron chi connectivity index (χ0n) is 21.3. The first-order valence-electron chi connectivity index (χ1n) is 13.0. The Bertz CT molecular complexity index is 756. The summed E-state index contributed by atoms with van der Waals surface area (Å²) in [5.41, 5.74) is 36.3. The van der Waals surface area contributed by atoms with E-state index in [2.05, 4.69) is 5.32 Å². The first-order chi connectivity index (χ1) is 18.0. The number of aliphatic hydroxyl groups is 4. The SMILES string of the molecule is NCC[C@H](O)C(=O)N[C@@H]1C[C@H](N)[C@@H](O[C@H]2O[C@H](CN)CC[C@H]2N)[C@@H](N)[C@H]1O[C@H]1O[C@H](CO)[C@@H](O)[C@H](N)[C@H]1O. The molecule has 2 saturated heterocycles. The highest BCUT2D eigenvalue weighted by molar-refractivity contribution is 5.80. The number of carbonyl (C=O) groups is 1. The maximum Gasteiger partial charge on any atom is 0.249 e. The van der Waals surface area contributed by atoms with E-state index in [-0.39, 0.29) is 32.0 Å². The zero-order chi connectivity index (χ0) is 28.1. The molecule has 0 aromatic rings. The second-order valence-electron chi connectivity index (χ2n) is 10.3. The summed E-state index contributed by atoms with van der Waals surface area (Å²) in [5, 5.41) is 43.2. The predicted octanol–water partition coefficient (Wildman–Crippen LogP) is -6.43. The van der Waals surface area contributed by atoms with E-state index >= 15 is 0 Å². The lowest BCUT2D eigenvalue weighted by Crippen LogP contribution is -2.71. The molecule has 17 N–H and O–H groups in total. The molecule has 2 heterocycles. The van der Waals surface area contributed by atoms with Gasteiger partial charge in [0.15, 0.2) is 12.6 Å². The Morgan fingerprint density at radius 2 is 1.63 bits per heavy atom. The summed E-state index contributed by atoms with van der Waals surface area (Å²) in [6.45, 7) is -0.209.